The molecule has 48 valence electrons. The van der Waals surface area contributed by atoms with Crippen LogP contribution in [0.3, 0.4) is 0 Å². The van der Waals surface area contributed by atoms with Crippen LogP contribution in [-0.2, 0) is 4.79 Å². The minimum atomic E-state index is -0.866. The molecular formula is C6H6ClNO. The summed E-state index contributed by atoms with van der Waals surface area (Å²) < 4.78 is 0. The Labute approximate surface area is 58.2 Å². The molecular weight excluding hydrogens is 138 g/mol. The van der Waals surface area contributed by atoms with Gasteiger partial charge >= 0.3 is 0 Å². The standard InChI is InChI=1S/C6H6ClNO/c7-6(5-9)2-1-3-8-4-6/h1-3,5H,4H2. The Balaban J connectivity index is 2.73. The molecule has 0 saturated heterocycles. The van der Waals surface area contributed by atoms with E-state index in [1.165, 1.54) is 0 Å². The lowest BCUT2D eigenvalue weighted by Crippen LogP contribution is -2.26. The Kier molecular flexibility index (Phi) is 1.67. The molecule has 1 atom stereocenters. The predicted octanol–water partition coefficient (Wildman–Crippen LogP) is 0.803. The fourth-order valence-corrected chi connectivity index (χ4v) is 0.727. The van der Waals surface area contributed by atoms with Crippen LogP contribution < -0.4 is 0 Å². The number of hydrogen-bond acceptors (Lipinski definition) is 2. The Morgan fingerprint density at radius 2 is 2.56 bits per heavy atom. The van der Waals surface area contributed by atoms with Gasteiger partial charge in [-0.25, -0.2) is 0 Å². The molecule has 1 aliphatic heterocycles. The van der Waals surface area contributed by atoms with Crippen molar-refractivity contribution in [3.63, 3.8) is 0 Å². The molecule has 0 fully saturated rings. The zero-order chi connectivity index (χ0) is 6.74. The highest BCUT2D eigenvalue weighted by Gasteiger charge is 2.23. The zero-order valence-corrected chi connectivity index (χ0v) is 5.51. The summed E-state index contributed by atoms with van der Waals surface area (Å²) in [6.45, 7) is 0.356. The van der Waals surface area contributed by atoms with E-state index in [9.17, 15) is 4.79 Å². The predicted molar refractivity (Wildman–Crippen MR) is 37.1 cm³/mol. The van der Waals surface area contributed by atoms with Crippen LogP contribution in [0.5, 0.6) is 0 Å². The molecule has 0 saturated carbocycles. The van der Waals surface area contributed by atoms with Crippen molar-refractivity contribution >= 4 is 24.1 Å². The van der Waals surface area contributed by atoms with Crippen molar-refractivity contribution in [2.75, 3.05) is 6.54 Å². The van der Waals surface area contributed by atoms with Gasteiger partial charge in [0.1, 0.15) is 11.2 Å². The average Bonchev–Trinajstić information content (AvgIpc) is 1.90. The third kappa shape index (κ3) is 1.39. The number of allylic oxidation sites excluding steroid dienone is 1. The van der Waals surface area contributed by atoms with E-state index < -0.39 is 4.87 Å². The number of alkyl halides is 1. The van der Waals surface area contributed by atoms with Crippen molar-refractivity contribution in [1.82, 2.24) is 0 Å². The molecule has 0 N–H and O–H groups in total. The van der Waals surface area contributed by atoms with E-state index in [0.29, 0.717) is 12.8 Å². The van der Waals surface area contributed by atoms with Gasteiger partial charge in [0.05, 0.1) is 6.54 Å². The Bertz CT molecular complexity index is 176. The van der Waals surface area contributed by atoms with E-state index in [4.69, 9.17) is 11.6 Å². The van der Waals surface area contributed by atoms with Gasteiger partial charge in [0.15, 0.2) is 0 Å². The lowest BCUT2D eigenvalue weighted by atomic mass is 10.1. The Hall–Kier alpha value is -0.630. The van der Waals surface area contributed by atoms with E-state index in [2.05, 4.69) is 4.99 Å². The minimum Gasteiger partial charge on any atom is -0.301 e. The maximum absolute atomic E-state index is 10.2. The van der Waals surface area contributed by atoms with Gasteiger partial charge in [-0.1, -0.05) is 6.08 Å². The molecule has 1 heterocycles. The van der Waals surface area contributed by atoms with Gasteiger partial charge < -0.3 is 4.79 Å². The number of nitrogens with zero attached hydrogens (tertiary/aromatic N) is 1. The van der Waals surface area contributed by atoms with Crippen LogP contribution in [0.2, 0.25) is 0 Å². The summed E-state index contributed by atoms with van der Waals surface area (Å²) in [7, 11) is 0. The molecule has 0 aliphatic carbocycles. The van der Waals surface area contributed by atoms with Gasteiger partial charge in [-0.2, -0.15) is 0 Å². The molecule has 0 spiro atoms. The first-order valence-corrected chi connectivity index (χ1v) is 2.97. The third-order valence-electron chi connectivity index (χ3n) is 1.09. The fraction of sp³-hybridized carbons (Fsp3) is 0.333. The summed E-state index contributed by atoms with van der Waals surface area (Å²) in [6, 6.07) is 0. The smallest absolute Gasteiger partial charge is 0.146 e. The van der Waals surface area contributed by atoms with Crippen molar-refractivity contribution in [2.24, 2.45) is 4.99 Å². The van der Waals surface area contributed by atoms with Gasteiger partial charge in [-0.3, -0.25) is 4.99 Å². The fourth-order valence-electron chi connectivity index (χ4n) is 0.586. The summed E-state index contributed by atoms with van der Waals surface area (Å²) in [5.74, 6) is 0. The second-order valence-electron chi connectivity index (χ2n) is 1.89. The number of aldehydes is 1. The normalized spacial score (nSPS) is 32.6. The van der Waals surface area contributed by atoms with Crippen LogP contribution in [0.1, 0.15) is 0 Å². The molecule has 1 aliphatic rings. The van der Waals surface area contributed by atoms with Crippen molar-refractivity contribution in [2.45, 2.75) is 4.87 Å². The van der Waals surface area contributed by atoms with Crippen LogP contribution in [0.4, 0.5) is 0 Å². The Morgan fingerprint density at radius 1 is 1.78 bits per heavy atom. The minimum absolute atomic E-state index is 0.356. The zero-order valence-electron chi connectivity index (χ0n) is 4.75. The summed E-state index contributed by atoms with van der Waals surface area (Å²) in [5.41, 5.74) is 0. The molecule has 0 radical (unpaired) electrons. The van der Waals surface area contributed by atoms with E-state index in [0.717, 1.165) is 0 Å². The summed E-state index contributed by atoms with van der Waals surface area (Å²) in [5, 5.41) is 0. The molecule has 9 heavy (non-hydrogen) atoms. The summed E-state index contributed by atoms with van der Waals surface area (Å²) in [4.78, 5) is 13.2. The monoisotopic (exact) mass is 143 g/mol. The van der Waals surface area contributed by atoms with Crippen molar-refractivity contribution in [3.05, 3.63) is 12.2 Å². The molecule has 1 rings (SSSR count). The number of carbonyl (C=O) groups is 1. The number of rotatable bonds is 1. The maximum Gasteiger partial charge on any atom is 0.146 e. The van der Waals surface area contributed by atoms with Crippen LogP contribution >= 0.6 is 11.6 Å². The molecule has 0 aromatic carbocycles. The first-order chi connectivity index (χ1) is 4.27. The van der Waals surface area contributed by atoms with Crippen LogP contribution in [0.15, 0.2) is 17.1 Å². The van der Waals surface area contributed by atoms with Gasteiger partial charge in [-0.15, -0.1) is 11.6 Å². The molecule has 0 bridgehead atoms. The second kappa shape index (κ2) is 2.31. The average molecular weight is 144 g/mol. The van der Waals surface area contributed by atoms with Crippen molar-refractivity contribution in [1.29, 1.82) is 0 Å². The number of aliphatic imine (C=N–C) groups is 1. The number of hydrogen-bond donors (Lipinski definition) is 0. The van der Waals surface area contributed by atoms with Crippen LogP contribution in [0.25, 0.3) is 0 Å². The quantitative estimate of drug-likeness (QED) is 0.395. The third-order valence-corrected chi connectivity index (χ3v) is 1.43. The maximum atomic E-state index is 10.2. The second-order valence-corrected chi connectivity index (χ2v) is 2.60. The Morgan fingerprint density at radius 3 is 2.89 bits per heavy atom. The van der Waals surface area contributed by atoms with Crippen LogP contribution in [-0.4, -0.2) is 23.9 Å². The largest absolute Gasteiger partial charge is 0.301 e. The lowest BCUT2D eigenvalue weighted by Gasteiger charge is -2.13. The molecule has 2 nitrogen and oxygen atoms in total. The van der Waals surface area contributed by atoms with Crippen molar-refractivity contribution < 1.29 is 4.79 Å². The highest BCUT2D eigenvalue weighted by Crippen LogP contribution is 2.15. The van der Waals surface area contributed by atoms with Gasteiger partial charge in [-0.05, 0) is 6.08 Å². The first kappa shape index (κ1) is 6.49. The molecule has 1 unspecified atom stereocenters. The SMILES string of the molecule is O=CC1(Cl)C=CC=NC1. The summed E-state index contributed by atoms with van der Waals surface area (Å²) >= 11 is 5.69. The lowest BCUT2D eigenvalue weighted by molar-refractivity contribution is -0.108. The number of carbonyl (C=O) groups excluding carboxylic acids is 1. The van der Waals surface area contributed by atoms with E-state index in [-0.39, 0.29) is 0 Å². The molecule has 0 aromatic rings. The van der Waals surface area contributed by atoms with Crippen molar-refractivity contribution in [3.8, 4) is 0 Å². The van der Waals surface area contributed by atoms with E-state index >= 15 is 0 Å². The first-order valence-electron chi connectivity index (χ1n) is 2.60. The number of dihydropyridines is 1. The van der Waals surface area contributed by atoms with Gasteiger partial charge in [0.25, 0.3) is 0 Å². The molecule has 0 amide bonds. The molecule has 0 aromatic heterocycles. The highest BCUT2D eigenvalue weighted by atomic mass is 35.5. The summed E-state index contributed by atoms with van der Waals surface area (Å²) in [6.07, 6.45) is 5.63. The van der Waals surface area contributed by atoms with Gasteiger partial charge in [0, 0.05) is 6.21 Å². The van der Waals surface area contributed by atoms with E-state index in [1.54, 1.807) is 18.4 Å². The molecule has 3 heteroatoms. The highest BCUT2D eigenvalue weighted by molar-refractivity contribution is 6.33. The van der Waals surface area contributed by atoms with Crippen LogP contribution in [0, 0.1) is 0 Å². The number of halogens is 1. The van der Waals surface area contributed by atoms with E-state index in [1.807, 2.05) is 0 Å². The van der Waals surface area contributed by atoms with Gasteiger partial charge in [0.2, 0.25) is 0 Å². The topological polar surface area (TPSA) is 29.4 Å².